The summed E-state index contributed by atoms with van der Waals surface area (Å²) < 4.78 is 6.97. The van der Waals surface area contributed by atoms with Crippen LogP contribution >= 0.6 is 15.9 Å². The standard InChI is InChI=1S/C16H19BrN2O/c1-3-18-10-14-9-15(17)11-19-16(14)20-12(2)13-7-5-4-6-8-13/h4-9,11-12,18H,3,10H2,1-2H3. The van der Waals surface area contributed by atoms with Crippen LogP contribution in [0.1, 0.15) is 31.1 Å². The van der Waals surface area contributed by atoms with Gasteiger partial charge in [-0.15, -0.1) is 0 Å². The number of hydrogen-bond donors (Lipinski definition) is 1. The van der Waals surface area contributed by atoms with Crippen molar-refractivity contribution in [2.75, 3.05) is 6.54 Å². The zero-order valence-electron chi connectivity index (χ0n) is 11.8. The largest absolute Gasteiger partial charge is 0.470 e. The second kappa shape index (κ2) is 7.41. The van der Waals surface area contributed by atoms with Gasteiger partial charge in [0.2, 0.25) is 5.88 Å². The summed E-state index contributed by atoms with van der Waals surface area (Å²) in [5, 5.41) is 3.30. The molecule has 1 aromatic carbocycles. The number of benzene rings is 1. The first-order valence-electron chi connectivity index (χ1n) is 6.77. The topological polar surface area (TPSA) is 34.2 Å². The van der Waals surface area contributed by atoms with Gasteiger partial charge in [-0.25, -0.2) is 4.98 Å². The molecule has 0 aliphatic heterocycles. The first-order chi connectivity index (χ1) is 9.70. The number of aromatic nitrogens is 1. The molecule has 3 nitrogen and oxygen atoms in total. The Morgan fingerprint density at radius 2 is 2.05 bits per heavy atom. The summed E-state index contributed by atoms with van der Waals surface area (Å²) in [4.78, 5) is 4.39. The van der Waals surface area contributed by atoms with Crippen LogP contribution in [0.5, 0.6) is 5.88 Å². The highest BCUT2D eigenvalue weighted by atomic mass is 79.9. The van der Waals surface area contributed by atoms with E-state index in [0.29, 0.717) is 5.88 Å². The van der Waals surface area contributed by atoms with E-state index in [2.05, 4.69) is 45.3 Å². The number of ether oxygens (including phenoxy) is 1. The molecule has 0 bridgehead atoms. The van der Waals surface area contributed by atoms with Crippen LogP contribution in [0.4, 0.5) is 0 Å². The minimum absolute atomic E-state index is 0.0229. The third-order valence-electron chi connectivity index (χ3n) is 3.01. The molecule has 0 saturated carbocycles. The van der Waals surface area contributed by atoms with E-state index in [-0.39, 0.29) is 6.10 Å². The lowest BCUT2D eigenvalue weighted by Gasteiger charge is -2.17. The normalized spacial score (nSPS) is 12.2. The Balaban J connectivity index is 2.15. The molecule has 1 heterocycles. The van der Waals surface area contributed by atoms with Gasteiger partial charge in [0.1, 0.15) is 6.10 Å². The van der Waals surface area contributed by atoms with Crippen molar-refractivity contribution in [2.45, 2.75) is 26.5 Å². The average Bonchev–Trinajstić information content (AvgIpc) is 2.48. The summed E-state index contributed by atoms with van der Waals surface area (Å²) in [7, 11) is 0. The highest BCUT2D eigenvalue weighted by Crippen LogP contribution is 2.25. The van der Waals surface area contributed by atoms with E-state index < -0.39 is 0 Å². The van der Waals surface area contributed by atoms with Crippen molar-refractivity contribution in [3.05, 3.63) is 58.2 Å². The molecule has 2 rings (SSSR count). The van der Waals surface area contributed by atoms with Gasteiger partial charge in [0.15, 0.2) is 0 Å². The van der Waals surface area contributed by atoms with Crippen LogP contribution in [0.2, 0.25) is 0 Å². The Kier molecular flexibility index (Phi) is 5.56. The van der Waals surface area contributed by atoms with Crippen LogP contribution in [0.3, 0.4) is 0 Å². The Morgan fingerprint density at radius 1 is 1.30 bits per heavy atom. The Morgan fingerprint density at radius 3 is 2.75 bits per heavy atom. The van der Waals surface area contributed by atoms with Crippen LogP contribution in [-0.2, 0) is 6.54 Å². The number of halogens is 1. The van der Waals surface area contributed by atoms with Crippen molar-refractivity contribution in [1.82, 2.24) is 10.3 Å². The molecule has 1 N–H and O–H groups in total. The van der Waals surface area contributed by atoms with Crippen molar-refractivity contribution >= 4 is 15.9 Å². The second-order valence-electron chi connectivity index (χ2n) is 4.57. The third kappa shape index (κ3) is 4.05. The predicted octanol–water partition coefficient (Wildman–Crippen LogP) is 4.09. The molecule has 0 aliphatic carbocycles. The van der Waals surface area contributed by atoms with Gasteiger partial charge in [0.05, 0.1) is 0 Å². The Labute approximate surface area is 128 Å². The lowest BCUT2D eigenvalue weighted by Crippen LogP contribution is -2.14. The van der Waals surface area contributed by atoms with Crippen molar-refractivity contribution in [2.24, 2.45) is 0 Å². The van der Waals surface area contributed by atoms with E-state index in [1.165, 1.54) is 0 Å². The van der Waals surface area contributed by atoms with E-state index in [1.54, 1.807) is 6.20 Å². The number of nitrogens with zero attached hydrogens (tertiary/aromatic N) is 1. The van der Waals surface area contributed by atoms with Crippen molar-refractivity contribution in [3.63, 3.8) is 0 Å². The molecular formula is C16H19BrN2O. The Hall–Kier alpha value is -1.39. The molecule has 0 spiro atoms. The van der Waals surface area contributed by atoms with Crippen molar-refractivity contribution in [1.29, 1.82) is 0 Å². The van der Waals surface area contributed by atoms with Crippen LogP contribution < -0.4 is 10.1 Å². The molecule has 1 atom stereocenters. The number of nitrogens with one attached hydrogen (secondary N) is 1. The van der Waals surface area contributed by atoms with Gasteiger partial charge in [-0.2, -0.15) is 0 Å². The summed E-state index contributed by atoms with van der Waals surface area (Å²) in [6, 6.07) is 12.2. The molecule has 0 saturated heterocycles. The van der Waals surface area contributed by atoms with Gasteiger partial charge >= 0.3 is 0 Å². The molecule has 106 valence electrons. The van der Waals surface area contributed by atoms with Gasteiger partial charge < -0.3 is 10.1 Å². The van der Waals surface area contributed by atoms with Gasteiger partial charge in [-0.1, -0.05) is 37.3 Å². The summed E-state index contributed by atoms with van der Waals surface area (Å²) in [6.45, 7) is 5.79. The quantitative estimate of drug-likeness (QED) is 0.863. The molecule has 0 fully saturated rings. The third-order valence-corrected chi connectivity index (χ3v) is 3.45. The summed E-state index contributed by atoms with van der Waals surface area (Å²) in [6.07, 6.45) is 1.74. The molecule has 1 unspecified atom stereocenters. The zero-order valence-corrected chi connectivity index (χ0v) is 13.4. The molecule has 4 heteroatoms. The summed E-state index contributed by atoms with van der Waals surface area (Å²) in [5.74, 6) is 0.686. The maximum Gasteiger partial charge on any atom is 0.218 e. The molecule has 0 aliphatic rings. The molecule has 2 aromatic rings. The summed E-state index contributed by atoms with van der Waals surface area (Å²) in [5.41, 5.74) is 2.20. The molecular weight excluding hydrogens is 316 g/mol. The molecule has 20 heavy (non-hydrogen) atoms. The van der Waals surface area contributed by atoms with Crippen molar-refractivity contribution < 1.29 is 4.74 Å². The number of pyridine rings is 1. The fourth-order valence-corrected chi connectivity index (χ4v) is 2.30. The minimum atomic E-state index is -0.0229. The van der Waals surface area contributed by atoms with Crippen LogP contribution in [0.15, 0.2) is 47.1 Å². The van der Waals surface area contributed by atoms with E-state index in [4.69, 9.17) is 4.74 Å². The molecule has 0 amide bonds. The lowest BCUT2D eigenvalue weighted by atomic mass is 10.1. The monoisotopic (exact) mass is 334 g/mol. The predicted molar refractivity (Wildman–Crippen MR) is 84.8 cm³/mol. The van der Waals surface area contributed by atoms with Gasteiger partial charge in [0, 0.05) is 22.8 Å². The maximum absolute atomic E-state index is 6.01. The first-order valence-corrected chi connectivity index (χ1v) is 7.56. The molecule has 1 aromatic heterocycles. The van der Waals surface area contributed by atoms with E-state index in [0.717, 1.165) is 28.7 Å². The van der Waals surface area contributed by atoms with Gasteiger partial charge in [-0.05, 0) is 41.0 Å². The van der Waals surface area contributed by atoms with E-state index in [9.17, 15) is 0 Å². The maximum atomic E-state index is 6.01. The first kappa shape index (κ1) is 15.0. The fourth-order valence-electron chi connectivity index (χ4n) is 1.92. The highest BCUT2D eigenvalue weighted by molar-refractivity contribution is 9.10. The SMILES string of the molecule is CCNCc1cc(Br)cnc1OC(C)c1ccccc1. The van der Waals surface area contributed by atoms with E-state index >= 15 is 0 Å². The molecule has 0 radical (unpaired) electrons. The van der Waals surface area contributed by atoms with Gasteiger partial charge in [-0.3, -0.25) is 0 Å². The summed E-state index contributed by atoms with van der Waals surface area (Å²) >= 11 is 3.45. The van der Waals surface area contributed by atoms with Crippen molar-refractivity contribution in [3.8, 4) is 5.88 Å². The lowest BCUT2D eigenvalue weighted by molar-refractivity contribution is 0.214. The second-order valence-corrected chi connectivity index (χ2v) is 5.48. The number of rotatable bonds is 6. The number of hydrogen-bond acceptors (Lipinski definition) is 3. The fraction of sp³-hybridized carbons (Fsp3) is 0.312. The Bertz CT molecular complexity index is 545. The van der Waals surface area contributed by atoms with Crippen LogP contribution in [0.25, 0.3) is 0 Å². The van der Waals surface area contributed by atoms with E-state index in [1.807, 2.05) is 31.2 Å². The zero-order chi connectivity index (χ0) is 14.4. The van der Waals surface area contributed by atoms with Crippen LogP contribution in [-0.4, -0.2) is 11.5 Å². The highest BCUT2D eigenvalue weighted by Gasteiger charge is 2.11. The minimum Gasteiger partial charge on any atom is -0.470 e. The van der Waals surface area contributed by atoms with Crippen LogP contribution in [0, 0.1) is 0 Å². The smallest absolute Gasteiger partial charge is 0.218 e. The van der Waals surface area contributed by atoms with Gasteiger partial charge in [0.25, 0.3) is 0 Å². The average molecular weight is 335 g/mol.